The first-order valence-electron chi connectivity index (χ1n) is 4.37. The second-order valence-electron chi connectivity index (χ2n) is 4.66. The normalized spacial score (nSPS) is 31.0. The number of halogens is 2. The molecule has 1 rings (SSSR count). The van der Waals surface area contributed by atoms with Crippen molar-refractivity contribution in [3.8, 4) is 0 Å². The molecule has 0 aromatic heterocycles. The second-order valence-corrected chi connectivity index (χ2v) is 4.66. The van der Waals surface area contributed by atoms with Gasteiger partial charge in [-0.3, -0.25) is 0 Å². The van der Waals surface area contributed by atoms with Gasteiger partial charge in [-0.05, 0) is 18.9 Å². The first-order chi connectivity index (χ1) is 5.41. The predicted octanol–water partition coefficient (Wildman–Crippen LogP) is 2.23. The van der Waals surface area contributed by atoms with Crippen molar-refractivity contribution in [3.63, 3.8) is 0 Å². The summed E-state index contributed by atoms with van der Waals surface area (Å²) in [7, 11) is 1.91. The van der Waals surface area contributed by atoms with E-state index in [0.717, 1.165) is 6.54 Å². The van der Waals surface area contributed by atoms with E-state index >= 15 is 0 Å². The highest BCUT2D eigenvalue weighted by molar-refractivity contribution is 4.84. The van der Waals surface area contributed by atoms with Crippen LogP contribution in [-0.2, 0) is 0 Å². The molecule has 0 aromatic rings. The molecule has 1 saturated heterocycles. The van der Waals surface area contributed by atoms with Gasteiger partial charge in [0.15, 0.2) is 0 Å². The Morgan fingerprint density at radius 3 is 2.42 bits per heavy atom. The minimum Gasteiger partial charge on any atom is -0.305 e. The minimum absolute atomic E-state index is 0.0497. The van der Waals surface area contributed by atoms with Crippen LogP contribution >= 0.6 is 0 Å². The Labute approximate surface area is 72.7 Å². The highest BCUT2D eigenvalue weighted by Gasteiger charge is 2.35. The summed E-state index contributed by atoms with van der Waals surface area (Å²) < 4.78 is 24.8. The van der Waals surface area contributed by atoms with Crippen LogP contribution in [0.2, 0.25) is 0 Å². The van der Waals surface area contributed by atoms with Gasteiger partial charge < -0.3 is 4.90 Å². The fraction of sp³-hybridized carbons (Fsp3) is 1.00. The lowest BCUT2D eigenvalue weighted by atomic mass is 9.79. The van der Waals surface area contributed by atoms with Crippen LogP contribution in [0, 0.1) is 11.3 Å². The smallest absolute Gasteiger partial charge is 0.242 e. The molecule has 0 saturated carbocycles. The average molecular weight is 177 g/mol. The molecule has 1 nitrogen and oxygen atoms in total. The lowest BCUT2D eigenvalue weighted by molar-refractivity contribution is -0.00767. The Bertz CT molecular complexity index is 157. The van der Waals surface area contributed by atoms with Gasteiger partial charge >= 0.3 is 0 Å². The van der Waals surface area contributed by atoms with Crippen molar-refractivity contribution < 1.29 is 8.78 Å². The highest BCUT2D eigenvalue weighted by Crippen LogP contribution is 2.34. The summed E-state index contributed by atoms with van der Waals surface area (Å²) in [6.07, 6.45) is -1.51. The van der Waals surface area contributed by atoms with E-state index < -0.39 is 12.3 Å². The number of likely N-dealkylation sites (tertiary alicyclic amines) is 1. The Morgan fingerprint density at radius 2 is 2.00 bits per heavy atom. The van der Waals surface area contributed by atoms with Crippen LogP contribution < -0.4 is 0 Å². The SMILES string of the molecule is CN1C[C@@H](C(F)F)CC(C)(C)C1. The van der Waals surface area contributed by atoms with Crippen LogP contribution in [0.15, 0.2) is 0 Å². The van der Waals surface area contributed by atoms with Gasteiger partial charge in [0.1, 0.15) is 0 Å². The van der Waals surface area contributed by atoms with Crippen molar-refractivity contribution in [2.75, 3.05) is 20.1 Å². The van der Waals surface area contributed by atoms with E-state index in [1.54, 1.807) is 0 Å². The molecule has 0 spiro atoms. The van der Waals surface area contributed by atoms with Crippen molar-refractivity contribution in [1.29, 1.82) is 0 Å². The molecule has 0 unspecified atom stereocenters. The van der Waals surface area contributed by atoms with Gasteiger partial charge in [-0.2, -0.15) is 0 Å². The summed E-state index contributed by atoms with van der Waals surface area (Å²) in [4.78, 5) is 2.00. The van der Waals surface area contributed by atoms with E-state index in [9.17, 15) is 8.78 Å². The van der Waals surface area contributed by atoms with Gasteiger partial charge in [-0.25, -0.2) is 8.78 Å². The van der Waals surface area contributed by atoms with Gasteiger partial charge in [0.25, 0.3) is 0 Å². The fourth-order valence-electron chi connectivity index (χ4n) is 2.20. The second kappa shape index (κ2) is 3.29. The molecule has 0 N–H and O–H groups in total. The standard InChI is InChI=1S/C9H17F2N/c1-9(2)4-7(8(10)11)5-12(3)6-9/h7-8H,4-6H2,1-3H3/t7-/m0/s1. The van der Waals surface area contributed by atoms with Crippen LogP contribution in [0.1, 0.15) is 20.3 Å². The highest BCUT2D eigenvalue weighted by atomic mass is 19.3. The lowest BCUT2D eigenvalue weighted by Crippen LogP contribution is -2.44. The molecule has 12 heavy (non-hydrogen) atoms. The Morgan fingerprint density at radius 1 is 1.42 bits per heavy atom. The van der Waals surface area contributed by atoms with E-state index in [1.807, 2.05) is 11.9 Å². The number of hydrogen-bond acceptors (Lipinski definition) is 1. The number of nitrogens with zero attached hydrogens (tertiary/aromatic N) is 1. The molecule has 1 fully saturated rings. The molecular formula is C9H17F2N. The van der Waals surface area contributed by atoms with Gasteiger partial charge in [-0.1, -0.05) is 13.8 Å². The van der Waals surface area contributed by atoms with E-state index in [4.69, 9.17) is 0 Å². The third kappa shape index (κ3) is 2.41. The summed E-state index contributed by atoms with van der Waals surface area (Å²) in [6, 6.07) is 0. The third-order valence-corrected chi connectivity index (χ3v) is 2.42. The van der Waals surface area contributed by atoms with Crippen molar-refractivity contribution in [2.24, 2.45) is 11.3 Å². The predicted molar refractivity (Wildman–Crippen MR) is 45.4 cm³/mol. The molecule has 1 atom stereocenters. The number of rotatable bonds is 1. The van der Waals surface area contributed by atoms with Crippen LogP contribution in [0.4, 0.5) is 8.78 Å². The van der Waals surface area contributed by atoms with E-state index in [2.05, 4.69) is 13.8 Å². The van der Waals surface area contributed by atoms with Crippen LogP contribution in [0.5, 0.6) is 0 Å². The fourth-order valence-corrected chi connectivity index (χ4v) is 2.20. The average Bonchev–Trinajstić information content (AvgIpc) is 1.82. The maximum atomic E-state index is 12.4. The zero-order chi connectivity index (χ0) is 9.35. The Balaban J connectivity index is 2.58. The summed E-state index contributed by atoms with van der Waals surface area (Å²) in [5, 5.41) is 0. The zero-order valence-corrected chi connectivity index (χ0v) is 7.98. The summed E-state index contributed by atoms with van der Waals surface area (Å²) in [5.74, 6) is -0.432. The first-order valence-corrected chi connectivity index (χ1v) is 4.37. The number of alkyl halides is 2. The summed E-state index contributed by atoms with van der Waals surface area (Å²) in [6.45, 7) is 5.58. The molecule has 1 heterocycles. The topological polar surface area (TPSA) is 3.24 Å². The van der Waals surface area contributed by atoms with Gasteiger partial charge in [0, 0.05) is 19.0 Å². The molecule has 1 aliphatic rings. The van der Waals surface area contributed by atoms with Crippen molar-refractivity contribution >= 4 is 0 Å². The summed E-state index contributed by atoms with van der Waals surface area (Å²) in [5.41, 5.74) is 0.0497. The minimum atomic E-state index is -2.16. The number of piperidine rings is 1. The summed E-state index contributed by atoms with van der Waals surface area (Å²) >= 11 is 0. The molecule has 0 radical (unpaired) electrons. The van der Waals surface area contributed by atoms with Crippen LogP contribution in [0.25, 0.3) is 0 Å². The zero-order valence-electron chi connectivity index (χ0n) is 7.98. The van der Waals surface area contributed by atoms with Crippen LogP contribution in [0.3, 0.4) is 0 Å². The van der Waals surface area contributed by atoms with Crippen molar-refractivity contribution in [3.05, 3.63) is 0 Å². The van der Waals surface area contributed by atoms with E-state index in [-0.39, 0.29) is 5.41 Å². The lowest BCUT2D eigenvalue weighted by Gasteiger charge is -2.40. The monoisotopic (exact) mass is 177 g/mol. The van der Waals surface area contributed by atoms with Crippen molar-refractivity contribution in [2.45, 2.75) is 26.7 Å². The Hall–Kier alpha value is -0.180. The van der Waals surface area contributed by atoms with Gasteiger partial charge in [-0.15, -0.1) is 0 Å². The molecule has 0 aromatic carbocycles. The maximum absolute atomic E-state index is 12.4. The molecule has 72 valence electrons. The molecule has 0 aliphatic carbocycles. The molecule has 3 heteroatoms. The number of hydrogen-bond donors (Lipinski definition) is 0. The quantitative estimate of drug-likeness (QED) is 0.593. The van der Waals surface area contributed by atoms with E-state index in [0.29, 0.717) is 13.0 Å². The molecule has 0 amide bonds. The van der Waals surface area contributed by atoms with E-state index in [1.165, 1.54) is 0 Å². The van der Waals surface area contributed by atoms with Gasteiger partial charge in [0.05, 0.1) is 0 Å². The molecular weight excluding hydrogens is 160 g/mol. The Kier molecular flexibility index (Phi) is 2.71. The largest absolute Gasteiger partial charge is 0.305 e. The third-order valence-electron chi connectivity index (χ3n) is 2.42. The maximum Gasteiger partial charge on any atom is 0.242 e. The van der Waals surface area contributed by atoms with Crippen molar-refractivity contribution in [1.82, 2.24) is 4.90 Å². The molecule has 0 bridgehead atoms. The van der Waals surface area contributed by atoms with Gasteiger partial charge in [0.2, 0.25) is 6.43 Å². The first kappa shape index (κ1) is 9.90. The van der Waals surface area contributed by atoms with Crippen LogP contribution in [-0.4, -0.2) is 31.5 Å². The molecule has 1 aliphatic heterocycles.